The first kappa shape index (κ1) is 12.8. The number of benzene rings is 1. The zero-order valence-electron chi connectivity index (χ0n) is 9.90. The highest BCUT2D eigenvalue weighted by Crippen LogP contribution is 2.19. The summed E-state index contributed by atoms with van der Waals surface area (Å²) in [5, 5.41) is 13.3. The molecule has 2 N–H and O–H groups in total. The van der Waals surface area contributed by atoms with Gasteiger partial charge in [-0.05, 0) is 18.1 Å². The maximum Gasteiger partial charge on any atom is 0.0451 e. The van der Waals surface area contributed by atoms with E-state index in [1.54, 1.807) is 0 Å². The third-order valence-corrected chi connectivity index (χ3v) is 3.63. The van der Waals surface area contributed by atoms with Crippen molar-refractivity contribution in [2.75, 3.05) is 26.2 Å². The van der Waals surface area contributed by atoms with Crippen molar-refractivity contribution in [2.45, 2.75) is 19.0 Å². The molecule has 94 valence electrons. The van der Waals surface area contributed by atoms with Crippen LogP contribution >= 0.6 is 11.6 Å². The molecule has 1 atom stereocenters. The highest BCUT2D eigenvalue weighted by molar-refractivity contribution is 6.31. The minimum absolute atomic E-state index is 0.241. The Morgan fingerprint density at radius 1 is 1.41 bits per heavy atom. The number of halogens is 1. The van der Waals surface area contributed by atoms with E-state index in [-0.39, 0.29) is 6.61 Å². The van der Waals surface area contributed by atoms with E-state index in [9.17, 15) is 0 Å². The zero-order valence-corrected chi connectivity index (χ0v) is 10.7. The topological polar surface area (TPSA) is 35.5 Å². The molecule has 1 aromatic carbocycles. The second-order valence-corrected chi connectivity index (χ2v) is 4.84. The van der Waals surface area contributed by atoms with Crippen LogP contribution in [0, 0.1) is 0 Å². The van der Waals surface area contributed by atoms with Crippen molar-refractivity contribution in [3.8, 4) is 0 Å². The van der Waals surface area contributed by atoms with E-state index in [2.05, 4.69) is 16.3 Å². The molecule has 0 radical (unpaired) electrons. The van der Waals surface area contributed by atoms with Crippen LogP contribution in [-0.2, 0) is 6.54 Å². The second-order valence-electron chi connectivity index (χ2n) is 4.43. The highest BCUT2D eigenvalue weighted by atomic mass is 35.5. The predicted octanol–water partition coefficient (Wildman–Crippen LogP) is 1.50. The van der Waals surface area contributed by atoms with Crippen LogP contribution in [0.1, 0.15) is 12.0 Å². The van der Waals surface area contributed by atoms with Crippen LogP contribution in [0.2, 0.25) is 5.02 Å². The van der Waals surface area contributed by atoms with E-state index < -0.39 is 0 Å². The van der Waals surface area contributed by atoms with Gasteiger partial charge in [0.15, 0.2) is 0 Å². The first-order valence-electron chi connectivity index (χ1n) is 6.10. The highest BCUT2D eigenvalue weighted by Gasteiger charge is 2.21. The van der Waals surface area contributed by atoms with Gasteiger partial charge in [0, 0.05) is 43.9 Å². The summed E-state index contributed by atoms with van der Waals surface area (Å²) in [6.07, 6.45) is 0.817. The average molecular weight is 255 g/mol. The van der Waals surface area contributed by atoms with Gasteiger partial charge in [0.2, 0.25) is 0 Å². The molecule has 0 saturated carbocycles. The molecule has 1 aliphatic rings. The second kappa shape index (κ2) is 6.36. The van der Waals surface area contributed by atoms with Crippen molar-refractivity contribution < 1.29 is 5.11 Å². The molecule has 1 fully saturated rings. The van der Waals surface area contributed by atoms with Gasteiger partial charge in [0.1, 0.15) is 0 Å². The number of aliphatic hydroxyl groups is 1. The number of nitrogens with zero attached hydrogens (tertiary/aromatic N) is 1. The molecular formula is C13H19ClN2O. The lowest BCUT2D eigenvalue weighted by Crippen LogP contribution is -2.51. The first-order chi connectivity index (χ1) is 8.31. The maximum absolute atomic E-state index is 9.08. The quantitative estimate of drug-likeness (QED) is 0.855. The monoisotopic (exact) mass is 254 g/mol. The molecule has 4 heteroatoms. The van der Waals surface area contributed by atoms with Crippen LogP contribution in [0.15, 0.2) is 24.3 Å². The lowest BCUT2D eigenvalue weighted by molar-refractivity contribution is 0.123. The molecular weight excluding hydrogens is 236 g/mol. The van der Waals surface area contributed by atoms with Gasteiger partial charge in [0.25, 0.3) is 0 Å². The van der Waals surface area contributed by atoms with Crippen molar-refractivity contribution in [2.24, 2.45) is 0 Å². The normalized spacial score (nSPS) is 21.6. The van der Waals surface area contributed by atoms with E-state index in [0.29, 0.717) is 6.04 Å². The van der Waals surface area contributed by atoms with Crippen LogP contribution in [0.25, 0.3) is 0 Å². The number of aliphatic hydroxyl groups excluding tert-OH is 1. The van der Waals surface area contributed by atoms with Gasteiger partial charge in [-0.2, -0.15) is 0 Å². The number of hydrogen-bond donors (Lipinski definition) is 2. The summed E-state index contributed by atoms with van der Waals surface area (Å²) in [5.74, 6) is 0. The Bertz CT molecular complexity index is 357. The molecule has 1 unspecified atom stereocenters. The van der Waals surface area contributed by atoms with Gasteiger partial charge in [0.05, 0.1) is 0 Å². The summed E-state index contributed by atoms with van der Waals surface area (Å²) in [7, 11) is 0. The number of rotatable bonds is 4. The van der Waals surface area contributed by atoms with Crippen LogP contribution in [-0.4, -0.2) is 42.3 Å². The molecule has 2 rings (SSSR count). The maximum atomic E-state index is 9.08. The smallest absolute Gasteiger partial charge is 0.0451 e. The van der Waals surface area contributed by atoms with Crippen molar-refractivity contribution in [1.29, 1.82) is 0 Å². The van der Waals surface area contributed by atoms with Crippen molar-refractivity contribution in [3.05, 3.63) is 34.9 Å². The Kier molecular flexibility index (Phi) is 4.80. The molecule has 0 bridgehead atoms. The fourth-order valence-corrected chi connectivity index (χ4v) is 2.49. The molecule has 1 heterocycles. The standard InChI is InChI=1S/C13H19ClN2O/c14-13-4-2-1-3-11(13)10-16-7-6-15-9-12(16)5-8-17/h1-4,12,15,17H,5-10H2. The third kappa shape index (κ3) is 3.42. The SMILES string of the molecule is OCCC1CNCCN1Cc1ccccc1Cl. The fraction of sp³-hybridized carbons (Fsp3) is 0.538. The van der Waals surface area contributed by atoms with Gasteiger partial charge >= 0.3 is 0 Å². The first-order valence-corrected chi connectivity index (χ1v) is 6.48. The number of piperazine rings is 1. The van der Waals surface area contributed by atoms with Gasteiger partial charge < -0.3 is 10.4 Å². The molecule has 0 amide bonds. The van der Waals surface area contributed by atoms with E-state index in [1.807, 2.05) is 18.2 Å². The largest absolute Gasteiger partial charge is 0.396 e. The van der Waals surface area contributed by atoms with Gasteiger partial charge in [-0.1, -0.05) is 29.8 Å². The van der Waals surface area contributed by atoms with E-state index in [4.69, 9.17) is 16.7 Å². The Labute approximate surface area is 107 Å². The summed E-state index contributed by atoms with van der Waals surface area (Å²) in [6, 6.07) is 8.38. The molecule has 0 aliphatic carbocycles. The van der Waals surface area contributed by atoms with Crippen LogP contribution in [0.5, 0.6) is 0 Å². The Morgan fingerprint density at radius 3 is 3.00 bits per heavy atom. The lowest BCUT2D eigenvalue weighted by atomic mass is 10.1. The summed E-state index contributed by atoms with van der Waals surface area (Å²) in [6.45, 7) is 4.07. The third-order valence-electron chi connectivity index (χ3n) is 3.27. The molecule has 1 saturated heterocycles. The summed E-state index contributed by atoms with van der Waals surface area (Å²) in [5.41, 5.74) is 1.17. The van der Waals surface area contributed by atoms with Crippen molar-refractivity contribution in [1.82, 2.24) is 10.2 Å². The van der Waals surface area contributed by atoms with Crippen molar-refractivity contribution >= 4 is 11.6 Å². The van der Waals surface area contributed by atoms with Crippen LogP contribution < -0.4 is 5.32 Å². The zero-order chi connectivity index (χ0) is 12.1. The molecule has 3 nitrogen and oxygen atoms in total. The molecule has 0 aromatic heterocycles. The minimum Gasteiger partial charge on any atom is -0.396 e. The minimum atomic E-state index is 0.241. The molecule has 1 aromatic rings. The number of nitrogens with one attached hydrogen (secondary N) is 1. The molecule has 0 spiro atoms. The van der Waals surface area contributed by atoms with Crippen LogP contribution in [0.3, 0.4) is 0 Å². The van der Waals surface area contributed by atoms with Gasteiger partial charge in [-0.15, -0.1) is 0 Å². The van der Waals surface area contributed by atoms with Gasteiger partial charge in [-0.3, -0.25) is 4.90 Å². The predicted molar refractivity (Wildman–Crippen MR) is 70.2 cm³/mol. The summed E-state index contributed by atoms with van der Waals surface area (Å²) >= 11 is 6.18. The van der Waals surface area contributed by atoms with E-state index in [0.717, 1.165) is 37.6 Å². The van der Waals surface area contributed by atoms with Crippen LogP contribution in [0.4, 0.5) is 0 Å². The summed E-state index contributed by atoms with van der Waals surface area (Å²) < 4.78 is 0. The van der Waals surface area contributed by atoms with E-state index >= 15 is 0 Å². The Morgan fingerprint density at radius 2 is 2.24 bits per heavy atom. The lowest BCUT2D eigenvalue weighted by Gasteiger charge is -2.36. The Balaban J connectivity index is 2.03. The fourth-order valence-electron chi connectivity index (χ4n) is 2.29. The van der Waals surface area contributed by atoms with Crippen molar-refractivity contribution in [3.63, 3.8) is 0 Å². The average Bonchev–Trinajstić information content (AvgIpc) is 2.35. The Hall–Kier alpha value is -0.610. The number of hydrogen-bond acceptors (Lipinski definition) is 3. The molecule has 1 aliphatic heterocycles. The summed E-state index contributed by atoms with van der Waals surface area (Å²) in [4.78, 5) is 2.40. The van der Waals surface area contributed by atoms with Gasteiger partial charge in [-0.25, -0.2) is 0 Å². The van der Waals surface area contributed by atoms with E-state index in [1.165, 1.54) is 5.56 Å². The molecule has 17 heavy (non-hydrogen) atoms.